The third kappa shape index (κ3) is 3.51. The van der Waals surface area contributed by atoms with Gasteiger partial charge in [-0.05, 0) is 120 Å². The van der Waals surface area contributed by atoms with Crippen LogP contribution in [0.25, 0.3) is 33.1 Å². The smallest absolute Gasteiger partial charge is 0.0544 e. The molecule has 0 N–H and O–H groups in total. The molecule has 4 aromatic carbocycles. The molecule has 1 unspecified atom stereocenters. The van der Waals surface area contributed by atoms with Crippen LogP contribution in [0.15, 0.2) is 109 Å². The number of rotatable bonds is 2. The minimum absolute atomic E-state index is 0.141. The van der Waals surface area contributed by atoms with E-state index in [0.717, 1.165) is 30.1 Å². The van der Waals surface area contributed by atoms with Gasteiger partial charge in [0, 0.05) is 27.8 Å². The Morgan fingerprint density at radius 3 is 2.13 bits per heavy atom. The molecule has 1 spiro atoms. The first-order valence-corrected chi connectivity index (χ1v) is 17.6. The molecule has 11 rings (SSSR count). The molecule has 1 nitrogen and oxygen atoms in total. The van der Waals surface area contributed by atoms with E-state index in [-0.39, 0.29) is 10.8 Å². The third-order valence-electron chi connectivity index (χ3n) is 13.0. The van der Waals surface area contributed by atoms with Crippen LogP contribution in [-0.2, 0) is 10.8 Å². The van der Waals surface area contributed by atoms with Crippen molar-refractivity contribution < 1.29 is 0 Å². The number of benzene rings is 4. The minimum Gasteiger partial charge on any atom is -0.309 e. The Morgan fingerprint density at radius 2 is 1.38 bits per heavy atom. The molecule has 0 amide bonds. The van der Waals surface area contributed by atoms with Gasteiger partial charge in [0.05, 0.1) is 11.0 Å². The van der Waals surface area contributed by atoms with Crippen molar-refractivity contribution in [2.75, 3.05) is 0 Å². The number of allylic oxidation sites excluding steroid dienone is 4. The average Bonchev–Trinajstić information content (AvgIpc) is 3.54. The van der Waals surface area contributed by atoms with Crippen LogP contribution in [0, 0.1) is 23.7 Å². The van der Waals surface area contributed by atoms with E-state index in [9.17, 15) is 0 Å². The number of aromatic nitrogens is 1. The third-order valence-corrected chi connectivity index (χ3v) is 13.0. The summed E-state index contributed by atoms with van der Waals surface area (Å²) in [4.78, 5) is 0. The van der Waals surface area contributed by atoms with Gasteiger partial charge in [0.2, 0.25) is 0 Å². The van der Waals surface area contributed by atoms with Gasteiger partial charge >= 0.3 is 0 Å². The lowest BCUT2D eigenvalue weighted by molar-refractivity contribution is -0.0435. The Kier molecular flexibility index (Phi) is 5.35. The van der Waals surface area contributed by atoms with E-state index in [1.807, 2.05) is 0 Å². The second-order valence-electron chi connectivity index (χ2n) is 16.2. The SMILES string of the molecule is CC(C)(C)c1ccc(-n2c3ccccc3c3c(C4C=CC5=C(C4)C4(c6ccccc65)C5CC6CC(C5)CC4C6)cccc32)cc1. The lowest BCUT2D eigenvalue weighted by atomic mass is 9.42. The van der Waals surface area contributed by atoms with E-state index in [4.69, 9.17) is 0 Å². The monoisotopic (exact) mass is 585 g/mol. The lowest BCUT2D eigenvalue weighted by Gasteiger charge is -2.62. The van der Waals surface area contributed by atoms with Crippen LogP contribution in [-0.4, -0.2) is 4.57 Å². The van der Waals surface area contributed by atoms with Gasteiger partial charge < -0.3 is 4.57 Å². The highest BCUT2D eigenvalue weighted by Crippen LogP contribution is 2.70. The van der Waals surface area contributed by atoms with Crippen LogP contribution in [0.4, 0.5) is 0 Å². The fraction of sp³-hybridized carbons (Fsp3) is 0.364. The quantitative estimate of drug-likeness (QED) is 0.194. The van der Waals surface area contributed by atoms with Crippen molar-refractivity contribution in [1.29, 1.82) is 0 Å². The summed E-state index contributed by atoms with van der Waals surface area (Å²) in [6.45, 7) is 6.89. The molecule has 4 saturated carbocycles. The zero-order valence-corrected chi connectivity index (χ0v) is 26.9. The normalized spacial score (nSPS) is 29.7. The van der Waals surface area contributed by atoms with E-state index >= 15 is 0 Å². The lowest BCUT2D eigenvalue weighted by Crippen LogP contribution is -2.56. The van der Waals surface area contributed by atoms with Crippen LogP contribution < -0.4 is 0 Å². The number of nitrogens with zero attached hydrogens (tertiary/aromatic N) is 1. The predicted octanol–water partition coefficient (Wildman–Crippen LogP) is 11.3. The number of fused-ring (bicyclic) bond motifs is 5. The van der Waals surface area contributed by atoms with E-state index in [2.05, 4.69) is 128 Å². The predicted molar refractivity (Wildman–Crippen MR) is 188 cm³/mol. The summed E-state index contributed by atoms with van der Waals surface area (Å²) in [5, 5.41) is 2.80. The molecule has 0 saturated heterocycles. The summed E-state index contributed by atoms with van der Waals surface area (Å²) in [6.07, 6.45) is 13.6. The molecular formula is C44H43N. The maximum absolute atomic E-state index is 2.56. The summed E-state index contributed by atoms with van der Waals surface area (Å²) < 4.78 is 2.50. The highest BCUT2D eigenvalue weighted by Gasteiger charge is 2.62. The Balaban J connectivity index is 1.13. The van der Waals surface area contributed by atoms with Gasteiger partial charge in [0.15, 0.2) is 0 Å². The molecule has 6 aliphatic rings. The number of para-hydroxylation sites is 1. The molecule has 1 heterocycles. The second kappa shape index (κ2) is 9.12. The van der Waals surface area contributed by atoms with Crippen LogP contribution in [0.5, 0.6) is 0 Å². The first-order chi connectivity index (χ1) is 21.9. The van der Waals surface area contributed by atoms with Gasteiger partial charge in [-0.2, -0.15) is 0 Å². The summed E-state index contributed by atoms with van der Waals surface area (Å²) in [5.41, 5.74) is 13.7. The average molecular weight is 586 g/mol. The first-order valence-electron chi connectivity index (χ1n) is 17.6. The summed E-state index contributed by atoms with van der Waals surface area (Å²) in [6, 6.07) is 35.0. The molecule has 1 atom stereocenters. The first kappa shape index (κ1) is 26.4. The highest BCUT2D eigenvalue weighted by molar-refractivity contribution is 6.11. The van der Waals surface area contributed by atoms with Gasteiger partial charge in [-0.15, -0.1) is 0 Å². The van der Waals surface area contributed by atoms with E-state index < -0.39 is 0 Å². The summed E-state index contributed by atoms with van der Waals surface area (Å²) in [5.74, 6) is 3.98. The molecule has 45 heavy (non-hydrogen) atoms. The highest BCUT2D eigenvalue weighted by atomic mass is 15.0. The summed E-state index contributed by atoms with van der Waals surface area (Å²) in [7, 11) is 0. The van der Waals surface area contributed by atoms with Gasteiger partial charge in [0.25, 0.3) is 0 Å². The van der Waals surface area contributed by atoms with Gasteiger partial charge in [-0.3, -0.25) is 0 Å². The molecule has 1 heteroatoms. The van der Waals surface area contributed by atoms with Crippen molar-refractivity contribution in [3.05, 3.63) is 131 Å². The molecule has 4 fully saturated rings. The molecule has 1 aromatic heterocycles. The van der Waals surface area contributed by atoms with E-state index in [1.165, 1.54) is 70.7 Å². The summed E-state index contributed by atoms with van der Waals surface area (Å²) >= 11 is 0. The standard InChI is InChI=1S/C44H43N/c1-43(2,3)30-16-18-33(19-17-30)45-40-13-7-5-10-37(40)42-34(11-8-14-41(42)45)29-15-20-36-35-9-4-6-12-38(35)44(39(36)26-29)31-22-27-21-28(24-31)25-32(44)23-27/h4-20,27-29,31-32H,21-26H2,1-3H3. The molecule has 5 aromatic rings. The zero-order valence-electron chi connectivity index (χ0n) is 26.9. The molecular weight excluding hydrogens is 542 g/mol. The van der Waals surface area contributed by atoms with Crippen molar-refractivity contribution in [2.24, 2.45) is 23.7 Å². The van der Waals surface area contributed by atoms with Crippen LogP contribution in [0.2, 0.25) is 0 Å². The molecule has 0 radical (unpaired) electrons. The number of hydrogen-bond acceptors (Lipinski definition) is 0. The molecule has 224 valence electrons. The van der Waals surface area contributed by atoms with Crippen molar-refractivity contribution >= 4 is 27.4 Å². The topological polar surface area (TPSA) is 4.93 Å². The maximum Gasteiger partial charge on any atom is 0.0544 e. The second-order valence-corrected chi connectivity index (χ2v) is 16.2. The van der Waals surface area contributed by atoms with E-state index in [0.29, 0.717) is 5.92 Å². The van der Waals surface area contributed by atoms with Crippen molar-refractivity contribution in [3.63, 3.8) is 0 Å². The number of hydrogen-bond donors (Lipinski definition) is 0. The van der Waals surface area contributed by atoms with Crippen molar-refractivity contribution in [1.82, 2.24) is 4.57 Å². The fourth-order valence-corrected chi connectivity index (χ4v) is 11.4. The Bertz CT molecular complexity index is 2050. The van der Waals surface area contributed by atoms with Crippen LogP contribution >= 0.6 is 0 Å². The molecule has 0 aliphatic heterocycles. The van der Waals surface area contributed by atoms with Gasteiger partial charge in [-0.25, -0.2) is 0 Å². The Labute approximate surface area is 267 Å². The van der Waals surface area contributed by atoms with Crippen molar-refractivity contribution in [3.8, 4) is 5.69 Å². The van der Waals surface area contributed by atoms with Gasteiger partial charge in [0.1, 0.15) is 0 Å². The Hall–Kier alpha value is -3.84. The molecule has 4 bridgehead atoms. The van der Waals surface area contributed by atoms with Crippen LogP contribution in [0.1, 0.15) is 87.5 Å². The maximum atomic E-state index is 2.56. The van der Waals surface area contributed by atoms with E-state index in [1.54, 1.807) is 22.3 Å². The minimum atomic E-state index is 0.141. The van der Waals surface area contributed by atoms with Crippen molar-refractivity contribution in [2.45, 2.75) is 76.0 Å². The van der Waals surface area contributed by atoms with Gasteiger partial charge in [-0.1, -0.05) is 105 Å². The molecule has 6 aliphatic carbocycles. The largest absolute Gasteiger partial charge is 0.309 e. The fourth-order valence-electron chi connectivity index (χ4n) is 11.4. The zero-order chi connectivity index (χ0) is 30.1. The Morgan fingerprint density at radius 1 is 0.689 bits per heavy atom. The van der Waals surface area contributed by atoms with Crippen LogP contribution in [0.3, 0.4) is 0 Å².